The second-order valence-corrected chi connectivity index (χ2v) is 7.72. The van der Waals surface area contributed by atoms with Gasteiger partial charge in [-0.3, -0.25) is 10.1 Å². The van der Waals surface area contributed by atoms with Crippen molar-refractivity contribution in [3.63, 3.8) is 0 Å². The minimum absolute atomic E-state index is 0.126. The van der Waals surface area contributed by atoms with Crippen molar-refractivity contribution in [3.05, 3.63) is 41.9 Å². The highest BCUT2D eigenvalue weighted by molar-refractivity contribution is 8.00. The smallest absolute Gasteiger partial charge is 0.237 e. The van der Waals surface area contributed by atoms with Crippen LogP contribution in [0, 0.1) is 6.92 Å². The Balaban J connectivity index is 1.68. The molecule has 3 aromatic rings. The van der Waals surface area contributed by atoms with Gasteiger partial charge in [0.05, 0.1) is 17.0 Å². The Bertz CT molecular complexity index is 915. The first kappa shape index (κ1) is 17.4. The second-order valence-electron chi connectivity index (χ2n) is 6.76. The van der Waals surface area contributed by atoms with E-state index in [2.05, 4.69) is 20.4 Å². The summed E-state index contributed by atoms with van der Waals surface area (Å²) < 4.78 is 5.19. The van der Waals surface area contributed by atoms with Crippen molar-refractivity contribution in [3.8, 4) is 0 Å². The number of aryl methyl sites for hydroxylation is 1. The van der Waals surface area contributed by atoms with Crippen LogP contribution in [0.3, 0.4) is 0 Å². The van der Waals surface area contributed by atoms with Gasteiger partial charge in [0.15, 0.2) is 0 Å². The molecule has 0 bridgehead atoms. The molecule has 0 aliphatic rings. The van der Waals surface area contributed by atoms with Crippen LogP contribution in [0.4, 0.5) is 5.88 Å². The maximum Gasteiger partial charge on any atom is 0.237 e. The second kappa shape index (κ2) is 6.84. The van der Waals surface area contributed by atoms with Gasteiger partial charge in [-0.15, -0.1) is 0 Å². The van der Waals surface area contributed by atoms with Gasteiger partial charge in [0.25, 0.3) is 0 Å². The molecular formula is C18H20N4O2S. The molecule has 2 heterocycles. The largest absolute Gasteiger partial charge is 0.338 e. The van der Waals surface area contributed by atoms with Gasteiger partial charge in [0.2, 0.25) is 11.8 Å². The van der Waals surface area contributed by atoms with Gasteiger partial charge < -0.3 is 4.52 Å². The van der Waals surface area contributed by atoms with E-state index in [1.807, 2.05) is 52.0 Å². The van der Waals surface area contributed by atoms with Crippen LogP contribution in [0.1, 0.15) is 32.3 Å². The summed E-state index contributed by atoms with van der Waals surface area (Å²) in [5, 5.41) is 8.47. The molecule has 1 N–H and O–H groups in total. The summed E-state index contributed by atoms with van der Waals surface area (Å²) in [6.45, 7) is 7.96. The number of hydrogen-bond acceptors (Lipinski definition) is 6. The highest BCUT2D eigenvalue weighted by atomic mass is 32.2. The molecule has 1 amide bonds. The van der Waals surface area contributed by atoms with Crippen LogP contribution in [-0.2, 0) is 10.2 Å². The summed E-state index contributed by atoms with van der Waals surface area (Å²) in [5.74, 6) is 1.11. The summed E-state index contributed by atoms with van der Waals surface area (Å²) in [7, 11) is 0. The molecule has 0 spiro atoms. The molecule has 6 nitrogen and oxygen atoms in total. The number of rotatable bonds is 4. The van der Waals surface area contributed by atoms with E-state index in [1.54, 1.807) is 6.07 Å². The van der Waals surface area contributed by atoms with E-state index in [4.69, 9.17) is 4.52 Å². The molecule has 0 radical (unpaired) electrons. The number of para-hydroxylation sites is 1. The maximum atomic E-state index is 12.2. The minimum atomic E-state index is -0.165. The van der Waals surface area contributed by atoms with Gasteiger partial charge in [-0.1, -0.05) is 55.9 Å². The minimum Gasteiger partial charge on any atom is -0.338 e. The summed E-state index contributed by atoms with van der Waals surface area (Å²) in [5.41, 5.74) is 1.55. The lowest BCUT2D eigenvalue weighted by atomic mass is 9.92. The fourth-order valence-corrected chi connectivity index (χ4v) is 3.13. The Morgan fingerprint density at radius 3 is 2.72 bits per heavy atom. The third-order valence-electron chi connectivity index (χ3n) is 3.56. The number of hydrogen-bond donors (Lipinski definition) is 1. The number of nitrogens with one attached hydrogen (secondary N) is 1. The summed E-state index contributed by atoms with van der Waals surface area (Å²) in [6, 6.07) is 9.53. The number of benzene rings is 1. The molecule has 25 heavy (non-hydrogen) atoms. The fourth-order valence-electron chi connectivity index (χ4n) is 2.26. The van der Waals surface area contributed by atoms with Crippen molar-refractivity contribution in [2.45, 2.75) is 38.1 Å². The van der Waals surface area contributed by atoms with Gasteiger partial charge in [-0.05, 0) is 13.0 Å². The lowest BCUT2D eigenvalue weighted by Crippen LogP contribution is -2.14. The van der Waals surface area contributed by atoms with Crippen molar-refractivity contribution in [1.29, 1.82) is 0 Å². The van der Waals surface area contributed by atoms with Crippen molar-refractivity contribution < 1.29 is 9.32 Å². The van der Waals surface area contributed by atoms with Crippen molar-refractivity contribution in [1.82, 2.24) is 15.1 Å². The first-order valence-corrected chi connectivity index (χ1v) is 8.95. The van der Waals surface area contributed by atoms with Crippen LogP contribution in [0.2, 0.25) is 0 Å². The highest BCUT2D eigenvalue weighted by Crippen LogP contribution is 2.26. The number of anilines is 1. The number of amides is 1. The molecule has 0 saturated carbocycles. The molecule has 0 aliphatic heterocycles. The molecule has 0 aliphatic carbocycles. The van der Waals surface area contributed by atoms with Gasteiger partial charge in [-0.2, -0.15) is 0 Å². The third-order valence-corrected chi connectivity index (χ3v) is 4.55. The third kappa shape index (κ3) is 4.17. The monoisotopic (exact) mass is 356 g/mol. The molecule has 0 atom stereocenters. The molecular weight excluding hydrogens is 336 g/mol. The van der Waals surface area contributed by atoms with Crippen molar-refractivity contribution in [2.24, 2.45) is 0 Å². The predicted molar refractivity (Wildman–Crippen MR) is 98.8 cm³/mol. The fraction of sp³-hybridized carbons (Fsp3) is 0.333. The zero-order chi connectivity index (χ0) is 18.0. The molecule has 2 aromatic heterocycles. The molecule has 0 saturated heterocycles. The summed E-state index contributed by atoms with van der Waals surface area (Å²) in [6.07, 6.45) is 0. The Morgan fingerprint density at radius 1 is 1.24 bits per heavy atom. The van der Waals surface area contributed by atoms with E-state index < -0.39 is 0 Å². The van der Waals surface area contributed by atoms with E-state index in [1.165, 1.54) is 11.8 Å². The van der Waals surface area contributed by atoms with Crippen molar-refractivity contribution in [2.75, 3.05) is 11.1 Å². The highest BCUT2D eigenvalue weighted by Gasteiger charge is 2.19. The zero-order valence-electron chi connectivity index (χ0n) is 14.7. The van der Waals surface area contributed by atoms with E-state index in [9.17, 15) is 4.79 Å². The van der Waals surface area contributed by atoms with E-state index in [0.29, 0.717) is 11.7 Å². The average Bonchev–Trinajstić information content (AvgIpc) is 3.01. The summed E-state index contributed by atoms with van der Waals surface area (Å²) in [4.78, 5) is 21.1. The SMILES string of the molecule is Cc1nc(SCC(=O)Nc2cc(C(C)(C)C)no2)c2ccccc2n1. The Morgan fingerprint density at radius 2 is 2.00 bits per heavy atom. The van der Waals surface area contributed by atoms with Crippen LogP contribution < -0.4 is 5.32 Å². The van der Waals surface area contributed by atoms with Crippen LogP contribution in [-0.4, -0.2) is 26.8 Å². The number of thioether (sulfide) groups is 1. The average molecular weight is 356 g/mol. The van der Waals surface area contributed by atoms with Gasteiger partial charge in [0, 0.05) is 16.9 Å². The number of fused-ring (bicyclic) bond motifs is 1. The van der Waals surface area contributed by atoms with E-state index >= 15 is 0 Å². The Kier molecular flexibility index (Phi) is 4.76. The maximum absolute atomic E-state index is 12.2. The quantitative estimate of drug-likeness (QED) is 0.563. The van der Waals surface area contributed by atoms with Gasteiger partial charge >= 0.3 is 0 Å². The molecule has 0 fully saturated rings. The zero-order valence-corrected chi connectivity index (χ0v) is 15.5. The molecule has 130 valence electrons. The normalized spacial score (nSPS) is 11.7. The molecule has 1 aromatic carbocycles. The van der Waals surface area contributed by atoms with E-state index in [0.717, 1.165) is 21.6 Å². The topological polar surface area (TPSA) is 80.9 Å². The molecule has 7 heteroatoms. The van der Waals surface area contributed by atoms with Crippen LogP contribution in [0.5, 0.6) is 0 Å². The molecule has 3 rings (SSSR count). The number of carbonyl (C=O) groups is 1. The Hall–Kier alpha value is -2.41. The van der Waals surface area contributed by atoms with Gasteiger partial charge in [-0.25, -0.2) is 9.97 Å². The number of nitrogens with zero attached hydrogens (tertiary/aromatic N) is 3. The standard InChI is InChI=1S/C18H20N4O2S/c1-11-19-13-8-6-5-7-12(13)17(20-11)25-10-15(23)21-16-9-14(22-24-16)18(2,3)4/h5-9H,10H2,1-4H3,(H,21,23). The van der Waals surface area contributed by atoms with Crippen LogP contribution >= 0.6 is 11.8 Å². The van der Waals surface area contributed by atoms with Crippen LogP contribution in [0.25, 0.3) is 10.9 Å². The first-order chi connectivity index (χ1) is 11.8. The number of carbonyl (C=O) groups excluding carboxylic acids is 1. The lowest BCUT2D eigenvalue weighted by Gasteiger charge is -2.12. The lowest BCUT2D eigenvalue weighted by molar-refractivity contribution is -0.113. The van der Waals surface area contributed by atoms with Crippen LogP contribution in [0.15, 0.2) is 39.9 Å². The van der Waals surface area contributed by atoms with Crippen molar-refractivity contribution >= 4 is 34.5 Å². The predicted octanol–water partition coefficient (Wildman–Crippen LogP) is 3.95. The molecule has 0 unspecified atom stereocenters. The Labute approximate surface area is 150 Å². The van der Waals surface area contributed by atoms with Gasteiger partial charge in [0.1, 0.15) is 10.9 Å². The van der Waals surface area contributed by atoms with E-state index in [-0.39, 0.29) is 17.1 Å². The first-order valence-electron chi connectivity index (χ1n) is 7.96. The number of aromatic nitrogens is 3. The summed E-state index contributed by atoms with van der Waals surface area (Å²) >= 11 is 1.38.